The fourth-order valence-corrected chi connectivity index (χ4v) is 2.31. The highest BCUT2D eigenvalue weighted by Gasteiger charge is 2.08. The van der Waals surface area contributed by atoms with E-state index in [1.54, 1.807) is 13.3 Å². The van der Waals surface area contributed by atoms with E-state index in [1.807, 2.05) is 6.07 Å². The number of methoxy groups -OCH3 is 1. The predicted octanol–water partition coefficient (Wildman–Crippen LogP) is 3.07. The Morgan fingerprint density at radius 1 is 1.39 bits per heavy atom. The summed E-state index contributed by atoms with van der Waals surface area (Å²) >= 11 is 0. The van der Waals surface area contributed by atoms with Crippen molar-refractivity contribution in [2.45, 2.75) is 44.7 Å². The number of pyridine rings is 1. The van der Waals surface area contributed by atoms with Crippen molar-refractivity contribution in [2.75, 3.05) is 7.11 Å². The highest BCUT2D eigenvalue weighted by molar-refractivity contribution is 5.25. The maximum Gasteiger partial charge on any atom is 0.217 e. The number of hydrogen-bond acceptors (Lipinski definition) is 3. The molecule has 0 radical (unpaired) electrons. The Balaban J connectivity index is 1.91. The lowest BCUT2D eigenvalue weighted by atomic mass is 10.0. The molecule has 1 unspecified atom stereocenters. The largest absolute Gasteiger partial charge is 0.481 e. The predicted molar refractivity (Wildman–Crippen MR) is 73.6 cm³/mol. The van der Waals surface area contributed by atoms with Crippen LogP contribution in [0.4, 0.5) is 0 Å². The molecule has 1 aromatic heterocycles. The summed E-state index contributed by atoms with van der Waals surface area (Å²) in [6, 6.07) is 4.49. The summed E-state index contributed by atoms with van der Waals surface area (Å²) < 4.78 is 5.26. The molecule has 98 valence electrons. The van der Waals surface area contributed by atoms with Gasteiger partial charge in [-0.2, -0.15) is 0 Å². The first-order valence-electron chi connectivity index (χ1n) is 6.78. The number of aromatic nitrogens is 1. The van der Waals surface area contributed by atoms with Crippen LogP contribution in [0.15, 0.2) is 30.5 Å². The average Bonchev–Trinajstić information content (AvgIpc) is 2.38. The molecule has 0 spiro atoms. The topological polar surface area (TPSA) is 34.1 Å². The lowest BCUT2D eigenvalue weighted by Crippen LogP contribution is -2.27. The summed E-state index contributed by atoms with van der Waals surface area (Å²) in [5, 5.41) is 3.57. The van der Waals surface area contributed by atoms with Crippen LogP contribution in [0.1, 0.15) is 37.7 Å². The fraction of sp³-hybridized carbons (Fsp3) is 0.533. The first-order valence-corrected chi connectivity index (χ1v) is 6.78. The van der Waals surface area contributed by atoms with Crippen molar-refractivity contribution in [1.29, 1.82) is 0 Å². The molecule has 0 aliphatic heterocycles. The lowest BCUT2D eigenvalue weighted by Gasteiger charge is -2.17. The highest BCUT2D eigenvalue weighted by atomic mass is 16.5. The minimum absolute atomic E-state index is 0.482. The van der Waals surface area contributed by atoms with Crippen molar-refractivity contribution in [2.24, 2.45) is 0 Å². The van der Waals surface area contributed by atoms with Gasteiger partial charge in [-0.05, 0) is 25.3 Å². The number of hydrogen-bond donors (Lipinski definition) is 1. The number of allylic oxidation sites excluding steroid dienone is 1. The molecule has 0 aromatic carbocycles. The third-order valence-corrected chi connectivity index (χ3v) is 3.35. The molecule has 1 aromatic rings. The summed E-state index contributed by atoms with van der Waals surface area (Å²) in [4.78, 5) is 4.21. The quantitative estimate of drug-likeness (QED) is 0.829. The van der Waals surface area contributed by atoms with Gasteiger partial charge in [-0.3, -0.25) is 0 Å². The van der Waals surface area contributed by atoms with Gasteiger partial charge in [-0.15, -0.1) is 0 Å². The van der Waals surface area contributed by atoms with Crippen molar-refractivity contribution < 1.29 is 4.74 Å². The summed E-state index contributed by atoms with van der Waals surface area (Å²) in [5.74, 6) is 0.722. The Morgan fingerprint density at radius 2 is 2.33 bits per heavy atom. The van der Waals surface area contributed by atoms with Crippen LogP contribution < -0.4 is 10.1 Å². The fourth-order valence-electron chi connectivity index (χ4n) is 2.31. The maximum atomic E-state index is 5.26. The summed E-state index contributed by atoms with van der Waals surface area (Å²) in [5.41, 5.74) is 1.12. The monoisotopic (exact) mass is 246 g/mol. The van der Waals surface area contributed by atoms with Gasteiger partial charge in [0.05, 0.1) is 7.11 Å². The van der Waals surface area contributed by atoms with Crippen LogP contribution in [0, 0.1) is 0 Å². The highest BCUT2D eigenvalue weighted by Crippen LogP contribution is 2.15. The molecule has 18 heavy (non-hydrogen) atoms. The number of nitrogens with one attached hydrogen (secondary N) is 1. The molecule has 2 rings (SSSR count). The van der Waals surface area contributed by atoms with Crippen LogP contribution in [-0.4, -0.2) is 18.1 Å². The summed E-state index contributed by atoms with van der Waals surface area (Å²) in [6.07, 6.45) is 12.8. The van der Waals surface area contributed by atoms with Gasteiger partial charge in [0.25, 0.3) is 0 Å². The van der Waals surface area contributed by atoms with Gasteiger partial charge in [0.2, 0.25) is 5.88 Å². The molecular weight excluding hydrogens is 224 g/mol. The zero-order valence-electron chi connectivity index (χ0n) is 11.1. The van der Waals surface area contributed by atoms with Crippen molar-refractivity contribution in [3.05, 3.63) is 36.0 Å². The van der Waals surface area contributed by atoms with Crippen LogP contribution >= 0.6 is 0 Å². The second-order valence-electron chi connectivity index (χ2n) is 4.73. The minimum atomic E-state index is 0.482. The smallest absolute Gasteiger partial charge is 0.217 e. The first-order chi connectivity index (χ1) is 8.90. The van der Waals surface area contributed by atoms with Crippen LogP contribution in [0.2, 0.25) is 0 Å². The minimum Gasteiger partial charge on any atom is -0.481 e. The van der Waals surface area contributed by atoms with E-state index in [0.717, 1.165) is 18.0 Å². The van der Waals surface area contributed by atoms with E-state index in [9.17, 15) is 0 Å². The van der Waals surface area contributed by atoms with Gasteiger partial charge in [0.15, 0.2) is 0 Å². The van der Waals surface area contributed by atoms with Crippen LogP contribution in [0.5, 0.6) is 5.88 Å². The van der Waals surface area contributed by atoms with Crippen molar-refractivity contribution in [3.63, 3.8) is 0 Å². The van der Waals surface area contributed by atoms with E-state index in [1.165, 1.54) is 32.1 Å². The van der Waals surface area contributed by atoms with Crippen LogP contribution in [0.3, 0.4) is 0 Å². The molecule has 0 bridgehead atoms. The second-order valence-corrected chi connectivity index (χ2v) is 4.73. The van der Waals surface area contributed by atoms with E-state index >= 15 is 0 Å². The van der Waals surface area contributed by atoms with E-state index in [0.29, 0.717) is 6.04 Å². The molecule has 0 saturated carbocycles. The third kappa shape index (κ3) is 3.84. The molecule has 0 amide bonds. The molecule has 1 heterocycles. The average molecular weight is 246 g/mol. The van der Waals surface area contributed by atoms with E-state index < -0.39 is 0 Å². The van der Waals surface area contributed by atoms with Crippen molar-refractivity contribution >= 4 is 0 Å². The maximum absolute atomic E-state index is 5.26. The molecule has 3 nitrogen and oxygen atoms in total. The molecule has 0 fully saturated rings. The Bertz CT molecular complexity index is 390. The number of ether oxygens (including phenoxy) is 1. The zero-order valence-corrected chi connectivity index (χ0v) is 11.1. The Morgan fingerprint density at radius 3 is 3.22 bits per heavy atom. The van der Waals surface area contributed by atoms with E-state index in [-0.39, 0.29) is 0 Å². The SMILES string of the molecule is COc1ncccc1CNC1/C=C/CCCCC1. The molecule has 1 atom stereocenters. The molecular formula is C15H22N2O. The van der Waals surface area contributed by atoms with Gasteiger partial charge in [0.1, 0.15) is 0 Å². The van der Waals surface area contributed by atoms with Crippen LogP contribution in [0.25, 0.3) is 0 Å². The molecule has 1 aliphatic carbocycles. The standard InChI is InChI=1S/C15H22N2O/c1-18-15-13(8-7-11-16-15)12-17-14-9-5-3-2-4-6-10-14/h5,7-9,11,14,17H,2-4,6,10,12H2,1H3/b9-5+. The summed E-state index contributed by atoms with van der Waals surface area (Å²) in [7, 11) is 1.67. The van der Waals surface area contributed by atoms with E-state index in [4.69, 9.17) is 4.74 Å². The van der Waals surface area contributed by atoms with Crippen LogP contribution in [-0.2, 0) is 6.54 Å². The van der Waals surface area contributed by atoms with Gasteiger partial charge in [0, 0.05) is 24.3 Å². The number of nitrogens with zero attached hydrogens (tertiary/aromatic N) is 1. The van der Waals surface area contributed by atoms with E-state index in [2.05, 4.69) is 28.5 Å². The van der Waals surface area contributed by atoms with Gasteiger partial charge >= 0.3 is 0 Å². The molecule has 0 saturated heterocycles. The van der Waals surface area contributed by atoms with Gasteiger partial charge in [-0.25, -0.2) is 4.98 Å². The number of rotatable bonds is 4. The first kappa shape index (κ1) is 13.1. The molecule has 3 heteroatoms. The lowest BCUT2D eigenvalue weighted by molar-refractivity contribution is 0.388. The Labute approximate surface area is 109 Å². The van der Waals surface area contributed by atoms with Gasteiger partial charge < -0.3 is 10.1 Å². The zero-order chi connectivity index (χ0) is 12.6. The molecule has 1 N–H and O–H groups in total. The third-order valence-electron chi connectivity index (χ3n) is 3.35. The normalized spacial score (nSPS) is 21.9. The molecule has 1 aliphatic rings. The van der Waals surface area contributed by atoms with Crippen molar-refractivity contribution in [1.82, 2.24) is 10.3 Å². The van der Waals surface area contributed by atoms with Gasteiger partial charge in [-0.1, -0.05) is 31.1 Å². The van der Waals surface area contributed by atoms with Crippen molar-refractivity contribution in [3.8, 4) is 5.88 Å². The second kappa shape index (κ2) is 7.17. The summed E-state index contributed by atoms with van der Waals surface area (Å²) in [6.45, 7) is 0.812. The Kier molecular flexibility index (Phi) is 5.21. The Hall–Kier alpha value is -1.35.